The van der Waals surface area contributed by atoms with Crippen LogP contribution in [0.15, 0.2) is 12.3 Å². The second kappa shape index (κ2) is 6.41. The maximum atomic E-state index is 12.0. The van der Waals surface area contributed by atoms with Gasteiger partial charge in [0, 0.05) is 25.8 Å². The minimum Gasteiger partial charge on any atom is -0.464 e. The molecule has 1 aromatic rings. The van der Waals surface area contributed by atoms with Crippen LogP contribution < -0.4 is 10.2 Å². The third-order valence-electron chi connectivity index (χ3n) is 2.86. The lowest BCUT2D eigenvalue weighted by molar-refractivity contribution is -0.144. The number of carbonyl (C=O) groups is 1. The van der Waals surface area contributed by atoms with Gasteiger partial charge >= 0.3 is 5.97 Å². The summed E-state index contributed by atoms with van der Waals surface area (Å²) in [6.45, 7) is 4.05. The first-order valence-electron chi connectivity index (χ1n) is 6.08. The average Bonchev–Trinajstić information content (AvgIpc) is 2.39. The number of pyridine rings is 1. The number of esters is 1. The lowest BCUT2D eigenvalue weighted by Gasteiger charge is -2.35. The summed E-state index contributed by atoms with van der Waals surface area (Å²) in [4.78, 5) is 18.0. The van der Waals surface area contributed by atoms with Crippen molar-refractivity contribution in [1.82, 2.24) is 10.3 Å². The van der Waals surface area contributed by atoms with Crippen LogP contribution in [-0.4, -0.2) is 43.2 Å². The van der Waals surface area contributed by atoms with Gasteiger partial charge in [0.25, 0.3) is 0 Å². The number of halogens is 2. The Morgan fingerprint density at radius 2 is 2.42 bits per heavy atom. The van der Waals surface area contributed by atoms with Crippen molar-refractivity contribution in [3.8, 4) is 0 Å². The second-order valence-electron chi connectivity index (χ2n) is 4.12. The van der Waals surface area contributed by atoms with Gasteiger partial charge in [-0.1, -0.05) is 23.2 Å². The van der Waals surface area contributed by atoms with Crippen molar-refractivity contribution < 1.29 is 9.53 Å². The van der Waals surface area contributed by atoms with E-state index in [2.05, 4.69) is 10.3 Å². The van der Waals surface area contributed by atoms with Crippen LogP contribution in [0.2, 0.25) is 10.0 Å². The fraction of sp³-hybridized carbons (Fsp3) is 0.500. The van der Waals surface area contributed by atoms with Crippen LogP contribution in [0.4, 0.5) is 5.82 Å². The quantitative estimate of drug-likeness (QED) is 0.862. The normalized spacial score (nSPS) is 19.3. The maximum absolute atomic E-state index is 12.0. The van der Waals surface area contributed by atoms with E-state index >= 15 is 0 Å². The molecule has 1 saturated heterocycles. The van der Waals surface area contributed by atoms with Gasteiger partial charge in [0.15, 0.2) is 0 Å². The molecule has 7 heteroatoms. The Bertz CT molecular complexity index is 470. The molecule has 104 valence electrons. The first-order chi connectivity index (χ1) is 9.13. The first-order valence-corrected chi connectivity index (χ1v) is 6.84. The topological polar surface area (TPSA) is 54.5 Å². The fourth-order valence-electron chi connectivity index (χ4n) is 2.03. The molecule has 0 spiro atoms. The summed E-state index contributed by atoms with van der Waals surface area (Å²) < 4.78 is 5.08. The van der Waals surface area contributed by atoms with E-state index in [0.29, 0.717) is 35.6 Å². The highest BCUT2D eigenvalue weighted by Gasteiger charge is 2.31. The summed E-state index contributed by atoms with van der Waals surface area (Å²) in [5.41, 5.74) is 0. The number of rotatable bonds is 3. The molecule has 1 unspecified atom stereocenters. The smallest absolute Gasteiger partial charge is 0.330 e. The molecule has 1 aliphatic rings. The molecule has 1 fully saturated rings. The van der Waals surface area contributed by atoms with E-state index < -0.39 is 6.04 Å². The predicted octanol–water partition coefficient (Wildman–Crippen LogP) is 1.73. The monoisotopic (exact) mass is 303 g/mol. The summed E-state index contributed by atoms with van der Waals surface area (Å²) in [6, 6.07) is 1.20. The van der Waals surface area contributed by atoms with Crippen molar-refractivity contribution in [3.63, 3.8) is 0 Å². The third kappa shape index (κ3) is 3.29. The molecule has 0 bridgehead atoms. The Hall–Kier alpha value is -1.04. The van der Waals surface area contributed by atoms with Gasteiger partial charge in [-0.2, -0.15) is 0 Å². The SMILES string of the molecule is CCOC(=O)C1CNCCN1c1ncc(Cl)cc1Cl. The van der Waals surface area contributed by atoms with E-state index in [4.69, 9.17) is 27.9 Å². The molecule has 2 heterocycles. The summed E-state index contributed by atoms with van der Waals surface area (Å²) in [7, 11) is 0. The van der Waals surface area contributed by atoms with Gasteiger partial charge in [-0.15, -0.1) is 0 Å². The van der Waals surface area contributed by atoms with E-state index in [1.54, 1.807) is 13.0 Å². The van der Waals surface area contributed by atoms with Crippen LogP contribution >= 0.6 is 23.2 Å². The van der Waals surface area contributed by atoms with Gasteiger partial charge in [0.2, 0.25) is 0 Å². The standard InChI is InChI=1S/C12H15Cl2N3O2/c1-2-19-12(18)10-7-15-3-4-17(10)11-9(14)5-8(13)6-16-11/h5-6,10,15H,2-4,7H2,1H3. The van der Waals surface area contributed by atoms with Crippen molar-refractivity contribution in [2.75, 3.05) is 31.1 Å². The highest BCUT2D eigenvalue weighted by atomic mass is 35.5. The molecular weight excluding hydrogens is 289 g/mol. The molecule has 1 aliphatic heterocycles. The van der Waals surface area contributed by atoms with Crippen LogP contribution in [0.3, 0.4) is 0 Å². The lowest BCUT2D eigenvalue weighted by Crippen LogP contribution is -2.56. The zero-order valence-corrected chi connectivity index (χ0v) is 12.0. The second-order valence-corrected chi connectivity index (χ2v) is 4.97. The van der Waals surface area contributed by atoms with Crippen molar-refractivity contribution >= 4 is 35.0 Å². The average molecular weight is 304 g/mol. The molecule has 1 N–H and O–H groups in total. The highest BCUT2D eigenvalue weighted by Crippen LogP contribution is 2.28. The number of carbonyl (C=O) groups excluding carboxylic acids is 1. The van der Waals surface area contributed by atoms with Crippen molar-refractivity contribution in [3.05, 3.63) is 22.3 Å². The molecule has 0 aliphatic carbocycles. The van der Waals surface area contributed by atoms with Gasteiger partial charge in [-0.05, 0) is 13.0 Å². The zero-order valence-electron chi connectivity index (χ0n) is 10.5. The summed E-state index contributed by atoms with van der Waals surface area (Å²) in [6.07, 6.45) is 1.52. The number of aromatic nitrogens is 1. The van der Waals surface area contributed by atoms with Gasteiger partial charge in [-0.25, -0.2) is 9.78 Å². The maximum Gasteiger partial charge on any atom is 0.330 e. The molecular formula is C12H15Cl2N3O2. The molecule has 0 aromatic carbocycles. The molecule has 2 rings (SSSR count). The first kappa shape index (κ1) is 14.4. The fourth-order valence-corrected chi connectivity index (χ4v) is 2.51. The zero-order chi connectivity index (χ0) is 13.8. The van der Waals surface area contributed by atoms with E-state index in [1.165, 1.54) is 6.20 Å². The molecule has 5 nitrogen and oxygen atoms in total. The van der Waals surface area contributed by atoms with Gasteiger partial charge in [0.05, 0.1) is 16.7 Å². The Kier molecular flexibility index (Phi) is 4.85. The van der Waals surface area contributed by atoms with Crippen LogP contribution in [-0.2, 0) is 9.53 Å². The van der Waals surface area contributed by atoms with E-state index in [-0.39, 0.29) is 5.97 Å². The third-order valence-corrected chi connectivity index (χ3v) is 3.35. The lowest BCUT2D eigenvalue weighted by atomic mass is 10.2. The molecule has 19 heavy (non-hydrogen) atoms. The van der Waals surface area contributed by atoms with Crippen LogP contribution in [0.5, 0.6) is 0 Å². The van der Waals surface area contributed by atoms with Gasteiger partial charge in [-0.3, -0.25) is 0 Å². The van der Waals surface area contributed by atoms with Gasteiger partial charge in [0.1, 0.15) is 11.9 Å². The molecule has 0 amide bonds. The predicted molar refractivity (Wildman–Crippen MR) is 74.9 cm³/mol. The number of anilines is 1. The summed E-state index contributed by atoms with van der Waals surface area (Å²) in [5, 5.41) is 4.07. The highest BCUT2D eigenvalue weighted by molar-refractivity contribution is 6.36. The Morgan fingerprint density at radius 1 is 1.63 bits per heavy atom. The Morgan fingerprint density at radius 3 is 3.11 bits per heavy atom. The molecule has 0 saturated carbocycles. The number of nitrogens with zero attached hydrogens (tertiary/aromatic N) is 2. The van der Waals surface area contributed by atoms with Crippen LogP contribution in [0.25, 0.3) is 0 Å². The number of piperazine rings is 1. The van der Waals surface area contributed by atoms with Crippen molar-refractivity contribution in [2.45, 2.75) is 13.0 Å². The number of ether oxygens (including phenoxy) is 1. The van der Waals surface area contributed by atoms with Crippen LogP contribution in [0, 0.1) is 0 Å². The van der Waals surface area contributed by atoms with Crippen molar-refractivity contribution in [1.29, 1.82) is 0 Å². The molecule has 0 radical (unpaired) electrons. The number of hydrogen-bond donors (Lipinski definition) is 1. The van der Waals surface area contributed by atoms with E-state index in [1.807, 2.05) is 4.90 Å². The summed E-state index contributed by atoms with van der Waals surface area (Å²) in [5.74, 6) is 0.285. The minimum absolute atomic E-state index is 0.275. The number of hydrogen-bond acceptors (Lipinski definition) is 5. The van der Waals surface area contributed by atoms with E-state index in [0.717, 1.165) is 6.54 Å². The largest absolute Gasteiger partial charge is 0.464 e. The Labute approximate surface area is 121 Å². The van der Waals surface area contributed by atoms with Crippen molar-refractivity contribution in [2.24, 2.45) is 0 Å². The number of nitrogens with one attached hydrogen (secondary N) is 1. The van der Waals surface area contributed by atoms with Crippen LogP contribution in [0.1, 0.15) is 6.92 Å². The van der Waals surface area contributed by atoms with E-state index in [9.17, 15) is 4.79 Å². The Balaban J connectivity index is 2.26. The summed E-state index contributed by atoms with van der Waals surface area (Å²) >= 11 is 12.0. The molecule has 1 atom stereocenters. The minimum atomic E-state index is -0.417. The molecule has 1 aromatic heterocycles. The van der Waals surface area contributed by atoms with Gasteiger partial charge < -0.3 is 15.0 Å².